The van der Waals surface area contributed by atoms with Crippen LogP contribution in [0, 0.1) is 11.8 Å². The molecule has 0 spiro atoms. The zero-order chi connectivity index (χ0) is 19.6. The molecule has 0 aromatic carbocycles. The summed E-state index contributed by atoms with van der Waals surface area (Å²) in [5.41, 5.74) is 5.75. The van der Waals surface area contributed by atoms with Gasteiger partial charge in [-0.1, -0.05) is 0 Å². The predicted octanol–water partition coefficient (Wildman–Crippen LogP) is -0.576. The van der Waals surface area contributed by atoms with Crippen molar-refractivity contribution < 1.29 is 14.6 Å². The Morgan fingerprint density at radius 1 is 1.48 bits per heavy atom. The van der Waals surface area contributed by atoms with E-state index in [1.54, 1.807) is 0 Å². The molecule has 5 N–H and O–H groups in total. The van der Waals surface area contributed by atoms with Crippen molar-refractivity contribution in [2.24, 2.45) is 11.8 Å². The van der Waals surface area contributed by atoms with Crippen LogP contribution >= 0.6 is 0 Å². The normalized spacial score (nSPS) is 23.7. The standard InChI is InChI=1S/C17H28N6O4/c1-22(2)5-3-4-13(25)27-8-10-6-12(11(10)7-24)23-9-19-14-15(23)20-17(18)21-16(14)26/h10-12,19,24H,3-9H2,1-2H3,(H3,18,20,21,26). The number of anilines is 3. The average Bonchev–Trinajstić information content (AvgIpc) is 2.97. The lowest BCUT2D eigenvalue weighted by Crippen LogP contribution is -2.55. The van der Waals surface area contributed by atoms with Crippen molar-refractivity contribution in [2.75, 3.05) is 56.5 Å². The van der Waals surface area contributed by atoms with Crippen molar-refractivity contribution in [1.82, 2.24) is 14.9 Å². The van der Waals surface area contributed by atoms with E-state index in [4.69, 9.17) is 10.5 Å². The quantitative estimate of drug-likeness (QED) is 0.437. The molecule has 10 nitrogen and oxygen atoms in total. The fourth-order valence-corrected chi connectivity index (χ4v) is 3.77. The van der Waals surface area contributed by atoms with Crippen LogP contribution in [0.3, 0.4) is 0 Å². The number of carbonyl (C=O) groups is 1. The number of aliphatic hydroxyl groups is 1. The van der Waals surface area contributed by atoms with E-state index >= 15 is 0 Å². The maximum atomic E-state index is 12.0. The van der Waals surface area contributed by atoms with E-state index in [0.29, 0.717) is 31.2 Å². The van der Waals surface area contributed by atoms with Crippen LogP contribution in [0.15, 0.2) is 4.79 Å². The van der Waals surface area contributed by atoms with E-state index in [9.17, 15) is 14.7 Å². The van der Waals surface area contributed by atoms with Gasteiger partial charge in [0.25, 0.3) is 5.56 Å². The second kappa shape index (κ2) is 8.13. The van der Waals surface area contributed by atoms with Crippen LogP contribution in [-0.2, 0) is 9.53 Å². The molecule has 0 radical (unpaired) electrons. The molecule has 27 heavy (non-hydrogen) atoms. The second-order valence-electron chi connectivity index (χ2n) is 7.45. The lowest BCUT2D eigenvalue weighted by atomic mass is 9.69. The summed E-state index contributed by atoms with van der Waals surface area (Å²) in [5, 5.41) is 12.8. The van der Waals surface area contributed by atoms with E-state index < -0.39 is 0 Å². The van der Waals surface area contributed by atoms with Crippen LogP contribution in [0.5, 0.6) is 0 Å². The predicted molar refractivity (Wildman–Crippen MR) is 101 cm³/mol. The van der Waals surface area contributed by atoms with Gasteiger partial charge < -0.3 is 30.7 Å². The first-order chi connectivity index (χ1) is 12.9. The van der Waals surface area contributed by atoms with Gasteiger partial charge >= 0.3 is 5.97 Å². The summed E-state index contributed by atoms with van der Waals surface area (Å²) in [6, 6.07) is 0.0230. The van der Waals surface area contributed by atoms with Gasteiger partial charge in [0.15, 0.2) is 5.82 Å². The molecule has 1 aliphatic heterocycles. The first kappa shape index (κ1) is 19.4. The van der Waals surface area contributed by atoms with Crippen molar-refractivity contribution >= 4 is 23.4 Å². The van der Waals surface area contributed by atoms with Gasteiger partial charge in [-0.15, -0.1) is 0 Å². The third kappa shape index (κ3) is 4.16. The van der Waals surface area contributed by atoms with Crippen LogP contribution in [-0.4, -0.2) is 72.5 Å². The number of ether oxygens (including phenoxy) is 1. The van der Waals surface area contributed by atoms with Crippen molar-refractivity contribution in [3.63, 3.8) is 0 Å². The number of fused-ring (bicyclic) bond motifs is 1. The van der Waals surface area contributed by atoms with E-state index in [1.165, 1.54) is 0 Å². The van der Waals surface area contributed by atoms with Gasteiger partial charge in [-0.3, -0.25) is 14.6 Å². The first-order valence-corrected chi connectivity index (χ1v) is 9.22. The van der Waals surface area contributed by atoms with Crippen LogP contribution in [0.1, 0.15) is 19.3 Å². The number of nitrogen functional groups attached to an aromatic ring is 1. The van der Waals surface area contributed by atoms with Crippen LogP contribution in [0.25, 0.3) is 0 Å². The highest BCUT2D eigenvalue weighted by Crippen LogP contribution is 2.42. The molecule has 10 heteroatoms. The average molecular weight is 380 g/mol. The summed E-state index contributed by atoms with van der Waals surface area (Å²) in [6.45, 7) is 1.57. The van der Waals surface area contributed by atoms with Gasteiger partial charge in [-0.2, -0.15) is 4.98 Å². The van der Waals surface area contributed by atoms with Crippen LogP contribution in [0.2, 0.25) is 0 Å². The number of nitrogens with one attached hydrogen (secondary N) is 2. The molecule has 0 bridgehead atoms. The molecule has 3 atom stereocenters. The minimum absolute atomic E-state index is 0.0159. The van der Waals surface area contributed by atoms with E-state index in [2.05, 4.69) is 15.3 Å². The number of H-pyrrole nitrogens is 1. The number of hydrogen-bond acceptors (Lipinski definition) is 9. The number of aliphatic hydroxyl groups excluding tert-OH is 1. The maximum absolute atomic E-state index is 12.0. The summed E-state index contributed by atoms with van der Waals surface area (Å²) in [7, 11) is 3.93. The Hall–Kier alpha value is -2.33. The third-order valence-corrected chi connectivity index (χ3v) is 5.32. The molecule has 0 amide bonds. The minimum atomic E-state index is -0.303. The van der Waals surface area contributed by atoms with Gasteiger partial charge in [0.1, 0.15) is 5.69 Å². The number of hydrogen-bond donors (Lipinski definition) is 4. The Bertz CT molecular complexity index is 737. The fourth-order valence-electron chi connectivity index (χ4n) is 3.77. The molecule has 2 heterocycles. The number of carbonyl (C=O) groups excluding carboxylic acids is 1. The van der Waals surface area contributed by atoms with Crippen molar-refractivity contribution in [1.29, 1.82) is 0 Å². The largest absolute Gasteiger partial charge is 0.465 e. The molecule has 2 aliphatic rings. The smallest absolute Gasteiger partial charge is 0.305 e. The molecule has 1 fully saturated rings. The molecule has 1 aliphatic carbocycles. The van der Waals surface area contributed by atoms with Gasteiger partial charge in [-0.25, -0.2) is 0 Å². The van der Waals surface area contributed by atoms with Crippen LogP contribution < -0.4 is 21.5 Å². The highest BCUT2D eigenvalue weighted by atomic mass is 16.5. The molecule has 1 aromatic heterocycles. The highest BCUT2D eigenvalue weighted by Gasteiger charge is 2.46. The second-order valence-corrected chi connectivity index (χ2v) is 7.45. The molecule has 1 saturated carbocycles. The molecule has 150 valence electrons. The summed E-state index contributed by atoms with van der Waals surface area (Å²) < 4.78 is 5.39. The molecular formula is C17H28N6O4. The lowest BCUT2D eigenvalue weighted by Gasteiger charge is -2.48. The monoisotopic (exact) mass is 380 g/mol. The SMILES string of the molecule is CN(C)CCCC(=O)OCC1CC(N2CNc3c2nc(N)[nH]c3=O)C1CO. The number of nitrogens with two attached hydrogens (primary N) is 1. The number of aromatic amines is 1. The van der Waals surface area contributed by atoms with E-state index in [0.717, 1.165) is 19.4 Å². The Morgan fingerprint density at radius 2 is 2.26 bits per heavy atom. The number of esters is 1. The Kier molecular flexibility index (Phi) is 5.85. The Labute approximate surface area is 157 Å². The fraction of sp³-hybridized carbons (Fsp3) is 0.706. The summed E-state index contributed by atoms with van der Waals surface area (Å²) in [5.74, 6) is 0.427. The van der Waals surface area contributed by atoms with Crippen LogP contribution in [0.4, 0.5) is 17.5 Å². The van der Waals surface area contributed by atoms with Gasteiger partial charge in [-0.05, 0) is 33.5 Å². The van der Waals surface area contributed by atoms with Crippen molar-refractivity contribution in [2.45, 2.75) is 25.3 Å². The topological polar surface area (TPSA) is 137 Å². The van der Waals surface area contributed by atoms with E-state index in [-0.39, 0.29) is 42.0 Å². The number of aromatic nitrogens is 2. The summed E-state index contributed by atoms with van der Waals surface area (Å²) >= 11 is 0. The van der Waals surface area contributed by atoms with E-state index in [1.807, 2.05) is 23.9 Å². The van der Waals surface area contributed by atoms with Gasteiger partial charge in [0, 0.05) is 30.9 Å². The Morgan fingerprint density at radius 3 is 2.96 bits per heavy atom. The molecule has 1 aromatic rings. The van der Waals surface area contributed by atoms with Gasteiger partial charge in [0.2, 0.25) is 5.95 Å². The Balaban J connectivity index is 1.54. The molecular weight excluding hydrogens is 352 g/mol. The zero-order valence-corrected chi connectivity index (χ0v) is 15.8. The summed E-state index contributed by atoms with van der Waals surface area (Å²) in [4.78, 5) is 34.5. The minimum Gasteiger partial charge on any atom is -0.465 e. The highest BCUT2D eigenvalue weighted by molar-refractivity contribution is 5.71. The maximum Gasteiger partial charge on any atom is 0.305 e. The van der Waals surface area contributed by atoms with Gasteiger partial charge in [0.05, 0.1) is 13.3 Å². The lowest BCUT2D eigenvalue weighted by molar-refractivity contribution is -0.148. The molecule has 3 rings (SSSR count). The number of rotatable bonds is 8. The number of nitrogens with zero attached hydrogens (tertiary/aromatic N) is 3. The third-order valence-electron chi connectivity index (χ3n) is 5.32. The van der Waals surface area contributed by atoms with Crippen molar-refractivity contribution in [3.8, 4) is 0 Å². The summed E-state index contributed by atoms with van der Waals surface area (Å²) in [6.07, 6.45) is 1.92. The first-order valence-electron chi connectivity index (χ1n) is 9.22. The molecule has 3 unspecified atom stereocenters. The molecule has 0 saturated heterocycles. The van der Waals surface area contributed by atoms with Crippen molar-refractivity contribution in [3.05, 3.63) is 10.4 Å². The zero-order valence-electron chi connectivity index (χ0n) is 15.8.